The van der Waals surface area contributed by atoms with Crippen molar-refractivity contribution < 1.29 is 9.47 Å². The molecule has 1 aromatic carbocycles. The van der Waals surface area contributed by atoms with Crippen molar-refractivity contribution in [2.45, 2.75) is 6.92 Å². The highest BCUT2D eigenvalue weighted by atomic mass is 16.5. The molecule has 21 heavy (non-hydrogen) atoms. The normalized spacial score (nSPS) is 10.8. The lowest BCUT2D eigenvalue weighted by molar-refractivity contribution is 0.355. The predicted octanol–water partition coefficient (Wildman–Crippen LogP) is 2.91. The van der Waals surface area contributed by atoms with Crippen LogP contribution in [0.1, 0.15) is 5.56 Å². The van der Waals surface area contributed by atoms with E-state index in [1.54, 1.807) is 14.2 Å². The predicted molar refractivity (Wildman–Crippen MR) is 82.9 cm³/mol. The first-order chi connectivity index (χ1) is 10.1. The van der Waals surface area contributed by atoms with Crippen molar-refractivity contribution in [2.75, 3.05) is 20.0 Å². The van der Waals surface area contributed by atoms with E-state index < -0.39 is 0 Å². The van der Waals surface area contributed by atoms with Crippen molar-refractivity contribution in [1.29, 1.82) is 0 Å². The van der Waals surface area contributed by atoms with Crippen molar-refractivity contribution in [3.63, 3.8) is 0 Å². The summed E-state index contributed by atoms with van der Waals surface area (Å²) in [6.45, 7) is 2.02. The average molecular weight is 283 g/mol. The van der Waals surface area contributed by atoms with Crippen LogP contribution in [0.15, 0.2) is 36.5 Å². The third kappa shape index (κ3) is 2.16. The average Bonchev–Trinajstić information content (AvgIpc) is 2.83. The van der Waals surface area contributed by atoms with Gasteiger partial charge in [0.15, 0.2) is 11.5 Å². The maximum absolute atomic E-state index is 6.23. The summed E-state index contributed by atoms with van der Waals surface area (Å²) in [5.74, 6) is 1.95. The maximum atomic E-state index is 6.23. The number of rotatable bonds is 3. The summed E-state index contributed by atoms with van der Waals surface area (Å²) in [4.78, 5) is 4.60. The number of aromatic nitrogens is 2. The van der Waals surface area contributed by atoms with Crippen molar-refractivity contribution in [1.82, 2.24) is 9.38 Å². The molecule has 0 amide bonds. The minimum Gasteiger partial charge on any atom is -0.493 e. The molecule has 108 valence electrons. The lowest BCUT2D eigenvalue weighted by Crippen LogP contribution is -1.95. The number of aryl methyl sites for hydroxylation is 1. The first-order valence-electron chi connectivity index (χ1n) is 6.60. The van der Waals surface area contributed by atoms with Gasteiger partial charge in [-0.05, 0) is 36.8 Å². The van der Waals surface area contributed by atoms with Gasteiger partial charge in [-0.3, -0.25) is 4.40 Å². The van der Waals surface area contributed by atoms with Crippen LogP contribution in [-0.4, -0.2) is 23.6 Å². The number of benzene rings is 1. The standard InChI is InChI=1S/C16H17N3O2/c1-10-4-7-14-18-15(16(17)19(14)9-10)11-5-6-12(20-2)13(8-11)21-3/h4-9H,17H2,1-3H3. The maximum Gasteiger partial charge on any atom is 0.161 e. The SMILES string of the molecule is COc1ccc(-c2nc3ccc(C)cn3c2N)cc1OC. The fourth-order valence-corrected chi connectivity index (χ4v) is 2.37. The van der Waals surface area contributed by atoms with E-state index in [0.717, 1.165) is 22.5 Å². The number of nitrogen functional groups attached to an aromatic ring is 1. The van der Waals surface area contributed by atoms with Crippen LogP contribution in [0.25, 0.3) is 16.9 Å². The number of hydrogen-bond acceptors (Lipinski definition) is 4. The molecule has 3 rings (SSSR count). The Bertz CT molecular complexity index is 809. The number of nitrogens with zero attached hydrogens (tertiary/aromatic N) is 2. The zero-order chi connectivity index (χ0) is 15.0. The molecule has 0 aliphatic carbocycles. The Hall–Kier alpha value is -2.69. The molecule has 5 nitrogen and oxygen atoms in total. The molecule has 0 radical (unpaired) electrons. The van der Waals surface area contributed by atoms with E-state index in [1.807, 2.05) is 47.9 Å². The van der Waals surface area contributed by atoms with Crippen molar-refractivity contribution in [2.24, 2.45) is 0 Å². The molecule has 0 bridgehead atoms. The Morgan fingerprint density at radius 1 is 1.05 bits per heavy atom. The van der Waals surface area contributed by atoms with Gasteiger partial charge in [0.05, 0.1) is 14.2 Å². The zero-order valence-electron chi connectivity index (χ0n) is 12.3. The summed E-state index contributed by atoms with van der Waals surface area (Å²) in [6.07, 6.45) is 1.97. The molecule has 2 heterocycles. The summed E-state index contributed by atoms with van der Waals surface area (Å²) in [6, 6.07) is 9.62. The van der Waals surface area contributed by atoms with Gasteiger partial charge in [0.25, 0.3) is 0 Å². The molecular weight excluding hydrogens is 266 g/mol. The van der Waals surface area contributed by atoms with Crippen LogP contribution in [-0.2, 0) is 0 Å². The van der Waals surface area contributed by atoms with Gasteiger partial charge in [0.1, 0.15) is 17.2 Å². The number of nitrogens with two attached hydrogens (primary N) is 1. The quantitative estimate of drug-likeness (QED) is 0.803. The third-order valence-corrected chi connectivity index (χ3v) is 3.46. The van der Waals surface area contributed by atoms with E-state index in [0.29, 0.717) is 17.3 Å². The van der Waals surface area contributed by atoms with Gasteiger partial charge in [0, 0.05) is 11.8 Å². The largest absolute Gasteiger partial charge is 0.493 e. The summed E-state index contributed by atoms with van der Waals surface area (Å²) < 4.78 is 12.5. The molecule has 0 saturated heterocycles. The second-order valence-corrected chi connectivity index (χ2v) is 4.85. The topological polar surface area (TPSA) is 61.8 Å². The number of anilines is 1. The number of fused-ring (bicyclic) bond motifs is 1. The summed E-state index contributed by atoms with van der Waals surface area (Å²) in [7, 11) is 3.22. The lowest BCUT2D eigenvalue weighted by atomic mass is 10.1. The van der Waals surface area contributed by atoms with Gasteiger partial charge in [-0.15, -0.1) is 0 Å². The number of hydrogen-bond donors (Lipinski definition) is 1. The Kier molecular flexibility index (Phi) is 3.17. The number of ether oxygens (including phenoxy) is 2. The van der Waals surface area contributed by atoms with Crippen LogP contribution in [0, 0.1) is 6.92 Å². The van der Waals surface area contributed by atoms with Crippen LogP contribution in [0.2, 0.25) is 0 Å². The Labute approximate surface area is 122 Å². The summed E-state index contributed by atoms with van der Waals surface area (Å²) in [5.41, 5.74) is 9.82. The Morgan fingerprint density at radius 2 is 1.81 bits per heavy atom. The number of imidazole rings is 1. The van der Waals surface area contributed by atoms with Gasteiger partial charge >= 0.3 is 0 Å². The van der Waals surface area contributed by atoms with Crippen LogP contribution < -0.4 is 15.2 Å². The molecule has 3 aromatic rings. The van der Waals surface area contributed by atoms with E-state index in [-0.39, 0.29) is 0 Å². The van der Waals surface area contributed by atoms with Crippen molar-refractivity contribution in [3.05, 3.63) is 42.1 Å². The van der Waals surface area contributed by atoms with E-state index >= 15 is 0 Å². The van der Waals surface area contributed by atoms with E-state index in [2.05, 4.69) is 4.98 Å². The molecule has 0 aliphatic rings. The Balaban J connectivity index is 2.18. The van der Waals surface area contributed by atoms with Crippen LogP contribution >= 0.6 is 0 Å². The van der Waals surface area contributed by atoms with E-state index in [4.69, 9.17) is 15.2 Å². The first-order valence-corrected chi connectivity index (χ1v) is 6.60. The molecule has 0 fully saturated rings. The van der Waals surface area contributed by atoms with Crippen LogP contribution in [0.3, 0.4) is 0 Å². The first kappa shape index (κ1) is 13.3. The molecule has 0 atom stereocenters. The molecule has 0 saturated carbocycles. The van der Waals surface area contributed by atoms with Crippen LogP contribution in [0.4, 0.5) is 5.82 Å². The highest BCUT2D eigenvalue weighted by Crippen LogP contribution is 2.34. The van der Waals surface area contributed by atoms with Crippen molar-refractivity contribution in [3.8, 4) is 22.8 Å². The van der Waals surface area contributed by atoms with E-state index in [9.17, 15) is 0 Å². The van der Waals surface area contributed by atoms with Crippen molar-refractivity contribution >= 4 is 11.5 Å². The number of pyridine rings is 1. The molecule has 2 aromatic heterocycles. The van der Waals surface area contributed by atoms with Gasteiger partial charge in [-0.2, -0.15) is 0 Å². The summed E-state index contributed by atoms with van der Waals surface area (Å²) in [5, 5.41) is 0. The van der Waals surface area contributed by atoms with Gasteiger partial charge in [-0.1, -0.05) is 6.07 Å². The highest BCUT2D eigenvalue weighted by Gasteiger charge is 2.13. The Morgan fingerprint density at radius 3 is 2.52 bits per heavy atom. The highest BCUT2D eigenvalue weighted by molar-refractivity contribution is 5.76. The monoisotopic (exact) mass is 283 g/mol. The van der Waals surface area contributed by atoms with Gasteiger partial charge < -0.3 is 15.2 Å². The fourth-order valence-electron chi connectivity index (χ4n) is 2.37. The van der Waals surface area contributed by atoms with Gasteiger partial charge in [-0.25, -0.2) is 4.98 Å². The van der Waals surface area contributed by atoms with E-state index in [1.165, 1.54) is 0 Å². The zero-order valence-corrected chi connectivity index (χ0v) is 12.3. The second kappa shape index (κ2) is 5.01. The molecular formula is C16H17N3O2. The van der Waals surface area contributed by atoms with Gasteiger partial charge in [0.2, 0.25) is 0 Å². The smallest absolute Gasteiger partial charge is 0.161 e. The molecule has 5 heteroatoms. The molecule has 0 spiro atoms. The molecule has 2 N–H and O–H groups in total. The minimum absolute atomic E-state index is 0.612. The second-order valence-electron chi connectivity index (χ2n) is 4.85. The molecule has 0 unspecified atom stereocenters. The lowest BCUT2D eigenvalue weighted by Gasteiger charge is -2.08. The third-order valence-electron chi connectivity index (χ3n) is 3.46. The molecule has 0 aliphatic heterocycles. The summed E-state index contributed by atoms with van der Waals surface area (Å²) >= 11 is 0. The number of methoxy groups -OCH3 is 2. The minimum atomic E-state index is 0.612. The fraction of sp³-hybridized carbons (Fsp3) is 0.188. The van der Waals surface area contributed by atoms with Crippen LogP contribution in [0.5, 0.6) is 11.5 Å².